The van der Waals surface area contributed by atoms with Crippen molar-refractivity contribution in [2.24, 2.45) is 0 Å². The number of benzene rings is 2. The first-order chi connectivity index (χ1) is 12.2. The number of nitrogens with zero attached hydrogens (tertiary/aromatic N) is 1. The van der Waals surface area contributed by atoms with E-state index in [1.54, 1.807) is 30.3 Å². The van der Waals surface area contributed by atoms with Crippen LogP contribution in [0.4, 0.5) is 11.4 Å². The molecule has 140 valence electrons. The molecule has 0 radical (unpaired) electrons. The minimum atomic E-state index is -3.79. The predicted octanol–water partition coefficient (Wildman–Crippen LogP) is 2.21. The second-order valence-corrected chi connectivity index (χ2v) is 9.65. The van der Waals surface area contributed by atoms with Crippen molar-refractivity contribution in [3.63, 3.8) is 0 Å². The van der Waals surface area contributed by atoms with Crippen molar-refractivity contribution in [3.05, 3.63) is 48.0 Å². The number of hydrogen-bond donors (Lipinski definition) is 1. The van der Waals surface area contributed by atoms with Crippen LogP contribution in [0.1, 0.15) is 12.0 Å². The molecule has 3 rings (SSSR count). The summed E-state index contributed by atoms with van der Waals surface area (Å²) in [6.07, 6.45) is 2.64. The van der Waals surface area contributed by atoms with Gasteiger partial charge in [-0.3, -0.25) is 9.03 Å². The van der Waals surface area contributed by atoms with E-state index in [2.05, 4.69) is 4.72 Å². The van der Waals surface area contributed by atoms with Gasteiger partial charge in [0.1, 0.15) is 5.75 Å². The summed E-state index contributed by atoms with van der Waals surface area (Å²) in [4.78, 5) is 0.0935. The van der Waals surface area contributed by atoms with E-state index in [0.717, 1.165) is 24.7 Å². The molecular weight excluding hydrogens is 376 g/mol. The lowest BCUT2D eigenvalue weighted by molar-refractivity contribution is 0.414. The standard InChI is InChI=1S/C17H20N2O5S2/c1-24-15-7-9-16(10-8-15)26(22,23)18-14-6-5-13-4-3-11-19(17(13)12-14)25(2,20)21/h5-10,12,18H,3-4,11H2,1-2H3. The van der Waals surface area contributed by atoms with Crippen molar-refractivity contribution >= 4 is 31.4 Å². The van der Waals surface area contributed by atoms with Crippen molar-refractivity contribution in [2.75, 3.05) is 28.9 Å². The van der Waals surface area contributed by atoms with Crippen LogP contribution in [0.25, 0.3) is 0 Å². The average Bonchev–Trinajstić information content (AvgIpc) is 2.60. The van der Waals surface area contributed by atoms with Gasteiger partial charge in [0.15, 0.2) is 0 Å². The first-order valence-corrected chi connectivity index (χ1v) is 11.3. The Hall–Kier alpha value is -2.26. The second-order valence-electron chi connectivity index (χ2n) is 6.06. The van der Waals surface area contributed by atoms with Crippen molar-refractivity contribution in [3.8, 4) is 5.75 Å². The summed E-state index contributed by atoms with van der Waals surface area (Å²) in [6, 6.07) is 11.0. The van der Waals surface area contributed by atoms with Gasteiger partial charge in [0.25, 0.3) is 10.0 Å². The molecule has 0 saturated heterocycles. The summed E-state index contributed by atoms with van der Waals surface area (Å²) in [5, 5.41) is 0. The zero-order chi connectivity index (χ0) is 18.9. The summed E-state index contributed by atoms with van der Waals surface area (Å²) in [7, 11) is -5.71. The van der Waals surface area contributed by atoms with E-state index in [1.807, 2.05) is 0 Å². The SMILES string of the molecule is COc1ccc(S(=O)(=O)Nc2ccc3c(c2)N(S(C)(=O)=O)CCC3)cc1. The number of ether oxygens (including phenoxy) is 1. The molecule has 0 fully saturated rings. The summed E-state index contributed by atoms with van der Waals surface area (Å²) in [5.41, 5.74) is 1.72. The van der Waals surface area contributed by atoms with Crippen LogP contribution in [0.3, 0.4) is 0 Å². The van der Waals surface area contributed by atoms with Crippen molar-refractivity contribution < 1.29 is 21.6 Å². The fourth-order valence-electron chi connectivity index (χ4n) is 2.92. The van der Waals surface area contributed by atoms with Crippen LogP contribution in [-0.4, -0.2) is 36.7 Å². The van der Waals surface area contributed by atoms with E-state index in [4.69, 9.17) is 4.74 Å². The first-order valence-electron chi connectivity index (χ1n) is 7.98. The third-order valence-corrected chi connectivity index (χ3v) is 6.76. The quantitative estimate of drug-likeness (QED) is 0.836. The zero-order valence-electron chi connectivity index (χ0n) is 14.5. The molecule has 0 bridgehead atoms. The van der Waals surface area contributed by atoms with Gasteiger partial charge in [0, 0.05) is 6.54 Å². The van der Waals surface area contributed by atoms with E-state index in [-0.39, 0.29) is 4.90 Å². The topological polar surface area (TPSA) is 92.8 Å². The lowest BCUT2D eigenvalue weighted by Gasteiger charge is -2.29. The Morgan fingerprint density at radius 1 is 1.04 bits per heavy atom. The molecule has 7 nitrogen and oxygen atoms in total. The van der Waals surface area contributed by atoms with Gasteiger partial charge >= 0.3 is 0 Å². The number of rotatable bonds is 5. The number of anilines is 2. The average molecular weight is 396 g/mol. The zero-order valence-corrected chi connectivity index (χ0v) is 16.1. The molecule has 0 aliphatic carbocycles. The highest BCUT2D eigenvalue weighted by Crippen LogP contribution is 2.32. The minimum Gasteiger partial charge on any atom is -0.497 e. The highest BCUT2D eigenvalue weighted by molar-refractivity contribution is 7.92. The van der Waals surface area contributed by atoms with E-state index >= 15 is 0 Å². The molecule has 26 heavy (non-hydrogen) atoms. The highest BCUT2D eigenvalue weighted by Gasteiger charge is 2.25. The molecular formula is C17H20N2O5S2. The molecule has 0 atom stereocenters. The number of methoxy groups -OCH3 is 1. The normalized spacial score (nSPS) is 14.6. The lowest BCUT2D eigenvalue weighted by Crippen LogP contribution is -2.34. The number of nitrogens with one attached hydrogen (secondary N) is 1. The number of sulfonamides is 2. The third kappa shape index (κ3) is 3.78. The smallest absolute Gasteiger partial charge is 0.261 e. The van der Waals surface area contributed by atoms with Gasteiger partial charge in [-0.25, -0.2) is 16.8 Å². The van der Waals surface area contributed by atoms with Crippen molar-refractivity contribution in [1.82, 2.24) is 0 Å². The van der Waals surface area contributed by atoms with Gasteiger partial charge in [-0.05, 0) is 54.8 Å². The second kappa shape index (κ2) is 6.81. The Balaban J connectivity index is 1.93. The maximum absolute atomic E-state index is 12.6. The lowest BCUT2D eigenvalue weighted by atomic mass is 10.0. The molecule has 0 amide bonds. The summed E-state index contributed by atoms with van der Waals surface area (Å²) in [6.45, 7) is 0.389. The summed E-state index contributed by atoms with van der Waals surface area (Å²) in [5.74, 6) is 0.557. The van der Waals surface area contributed by atoms with Gasteiger partial charge < -0.3 is 4.74 Å². The molecule has 2 aromatic carbocycles. The molecule has 0 spiro atoms. The van der Waals surface area contributed by atoms with Crippen LogP contribution >= 0.6 is 0 Å². The maximum atomic E-state index is 12.6. The van der Waals surface area contributed by atoms with E-state index in [9.17, 15) is 16.8 Å². The van der Waals surface area contributed by atoms with Gasteiger partial charge in [0.05, 0.1) is 29.6 Å². The molecule has 1 aliphatic heterocycles. The van der Waals surface area contributed by atoms with E-state index < -0.39 is 20.0 Å². The van der Waals surface area contributed by atoms with Crippen LogP contribution < -0.4 is 13.8 Å². The summed E-state index contributed by atoms with van der Waals surface area (Å²) < 4.78 is 58.0. The molecule has 0 unspecified atom stereocenters. The first kappa shape index (κ1) is 18.5. The highest BCUT2D eigenvalue weighted by atomic mass is 32.2. The molecule has 0 aromatic heterocycles. The largest absolute Gasteiger partial charge is 0.497 e. The molecule has 0 saturated carbocycles. The fraction of sp³-hybridized carbons (Fsp3) is 0.294. The van der Waals surface area contributed by atoms with Gasteiger partial charge in [-0.15, -0.1) is 0 Å². The Morgan fingerprint density at radius 2 is 1.73 bits per heavy atom. The number of hydrogen-bond acceptors (Lipinski definition) is 5. The Bertz CT molecular complexity index is 1020. The van der Waals surface area contributed by atoms with Crippen LogP contribution in [0, 0.1) is 0 Å². The van der Waals surface area contributed by atoms with Crippen LogP contribution in [0.5, 0.6) is 5.75 Å². The Morgan fingerprint density at radius 3 is 2.35 bits per heavy atom. The monoisotopic (exact) mass is 396 g/mol. The van der Waals surface area contributed by atoms with Gasteiger partial charge in [-0.2, -0.15) is 0 Å². The molecule has 1 N–H and O–H groups in total. The van der Waals surface area contributed by atoms with Crippen LogP contribution in [0.15, 0.2) is 47.4 Å². The van der Waals surface area contributed by atoms with Gasteiger partial charge in [0.2, 0.25) is 10.0 Å². The fourth-order valence-corrected chi connectivity index (χ4v) is 4.96. The maximum Gasteiger partial charge on any atom is 0.261 e. The third-order valence-electron chi connectivity index (χ3n) is 4.18. The molecule has 1 aliphatic rings. The van der Waals surface area contributed by atoms with Crippen molar-refractivity contribution in [1.29, 1.82) is 0 Å². The van der Waals surface area contributed by atoms with Gasteiger partial charge in [-0.1, -0.05) is 6.07 Å². The van der Waals surface area contributed by atoms with Crippen LogP contribution in [0.2, 0.25) is 0 Å². The predicted molar refractivity (Wildman–Crippen MR) is 101 cm³/mol. The Kier molecular flexibility index (Phi) is 4.85. The molecule has 1 heterocycles. The molecule has 9 heteroatoms. The Labute approximate surface area is 153 Å². The number of aryl methyl sites for hydroxylation is 1. The minimum absolute atomic E-state index is 0.0935. The number of fused-ring (bicyclic) bond motifs is 1. The van der Waals surface area contributed by atoms with E-state index in [1.165, 1.54) is 23.5 Å². The van der Waals surface area contributed by atoms with E-state index in [0.29, 0.717) is 23.7 Å². The summed E-state index contributed by atoms with van der Waals surface area (Å²) >= 11 is 0. The molecule has 2 aromatic rings. The van der Waals surface area contributed by atoms with Crippen LogP contribution in [-0.2, 0) is 26.5 Å². The van der Waals surface area contributed by atoms with Crippen molar-refractivity contribution in [2.45, 2.75) is 17.7 Å².